The number of rotatable bonds is 8. The molecule has 0 aliphatic carbocycles. The van der Waals surface area contributed by atoms with Crippen molar-refractivity contribution in [2.45, 2.75) is 44.4 Å². The van der Waals surface area contributed by atoms with Crippen LogP contribution in [0.4, 0.5) is 5.69 Å². The minimum Gasteiger partial charge on any atom is -0.360 e. The van der Waals surface area contributed by atoms with Gasteiger partial charge in [0.15, 0.2) is 6.29 Å². The van der Waals surface area contributed by atoms with Crippen molar-refractivity contribution < 1.29 is 18.8 Å². The Morgan fingerprint density at radius 2 is 1.74 bits per heavy atom. The third-order valence-electron chi connectivity index (χ3n) is 8.05. The largest absolute Gasteiger partial charge is 0.360 e. The summed E-state index contributed by atoms with van der Waals surface area (Å²) in [7, 11) is 2.16. The number of anilines is 1. The Kier molecular flexibility index (Phi) is 8.93. The number of carbonyl (C=O) groups excluding carboxylic acids is 1. The van der Waals surface area contributed by atoms with Crippen molar-refractivity contribution in [3.63, 3.8) is 0 Å². The van der Waals surface area contributed by atoms with E-state index in [2.05, 4.69) is 52.8 Å². The normalized spacial score (nSPS) is 17.6. The molecule has 6 rings (SSSR count). The van der Waals surface area contributed by atoms with E-state index in [9.17, 15) is 4.79 Å². The van der Waals surface area contributed by atoms with Crippen LogP contribution in [0.1, 0.15) is 51.7 Å². The van der Waals surface area contributed by atoms with Crippen molar-refractivity contribution in [1.29, 1.82) is 0 Å². The molecule has 9 heteroatoms. The Morgan fingerprint density at radius 3 is 2.55 bits per heavy atom. The summed E-state index contributed by atoms with van der Waals surface area (Å²) in [6.07, 6.45) is 3.21. The molecule has 3 aromatic carbocycles. The van der Waals surface area contributed by atoms with E-state index < -0.39 is 0 Å². The molecule has 2 aliphatic rings. The van der Waals surface area contributed by atoms with Crippen LogP contribution in [-0.4, -0.2) is 49.1 Å². The highest BCUT2D eigenvalue weighted by atomic mass is 35.5. The first-order chi connectivity index (χ1) is 20.5. The van der Waals surface area contributed by atoms with E-state index in [1.165, 1.54) is 11.1 Å². The molecule has 0 bridgehead atoms. The summed E-state index contributed by atoms with van der Waals surface area (Å²) < 4.78 is 17.2. The quantitative estimate of drug-likeness (QED) is 0.226. The van der Waals surface area contributed by atoms with Gasteiger partial charge in [0.25, 0.3) is 5.91 Å². The van der Waals surface area contributed by atoms with Gasteiger partial charge in [-0.15, -0.1) is 0 Å². The molecule has 1 saturated heterocycles. The monoisotopic (exact) mass is 605 g/mol. The topological polar surface area (TPSA) is 76.8 Å². The van der Waals surface area contributed by atoms with Crippen molar-refractivity contribution in [1.82, 2.24) is 10.1 Å². The summed E-state index contributed by atoms with van der Waals surface area (Å²) in [4.78, 5) is 16.5. The van der Waals surface area contributed by atoms with E-state index >= 15 is 0 Å². The minimum atomic E-state index is -0.358. The Hall–Kier alpha value is -3.20. The number of carbonyl (C=O) groups is 1. The molecule has 7 nitrogen and oxygen atoms in total. The summed E-state index contributed by atoms with van der Waals surface area (Å²) >= 11 is 13.1. The molecule has 218 valence electrons. The van der Waals surface area contributed by atoms with Gasteiger partial charge in [-0.3, -0.25) is 9.69 Å². The molecular weight excluding hydrogens is 573 g/mol. The number of amides is 1. The lowest BCUT2D eigenvalue weighted by Gasteiger charge is -2.35. The molecule has 0 saturated carbocycles. The van der Waals surface area contributed by atoms with Gasteiger partial charge in [0.05, 0.1) is 23.3 Å². The summed E-state index contributed by atoms with van der Waals surface area (Å²) in [5, 5.41) is 8.22. The number of nitrogens with one attached hydrogen (secondary N) is 1. The van der Waals surface area contributed by atoms with Crippen LogP contribution in [0.5, 0.6) is 0 Å². The summed E-state index contributed by atoms with van der Waals surface area (Å²) in [5.74, 6) is 0.0854. The summed E-state index contributed by atoms with van der Waals surface area (Å²) in [5.41, 5.74) is 5.55. The fraction of sp³-hybridized carbons (Fsp3) is 0.333. The van der Waals surface area contributed by atoms with E-state index in [1.54, 1.807) is 18.2 Å². The predicted octanol–water partition coefficient (Wildman–Crippen LogP) is 7.37. The summed E-state index contributed by atoms with van der Waals surface area (Å²) in [6, 6.07) is 21.9. The lowest BCUT2D eigenvalue weighted by Crippen LogP contribution is -2.33. The number of nitrogens with zero attached hydrogens (tertiary/aromatic N) is 2. The molecule has 1 unspecified atom stereocenters. The van der Waals surface area contributed by atoms with Gasteiger partial charge in [0, 0.05) is 36.7 Å². The second-order valence-corrected chi connectivity index (χ2v) is 11.6. The third kappa shape index (κ3) is 6.12. The van der Waals surface area contributed by atoms with Crippen LogP contribution >= 0.6 is 23.2 Å². The Morgan fingerprint density at radius 1 is 1.00 bits per heavy atom. The average molecular weight is 607 g/mol. The second kappa shape index (κ2) is 13.0. The second-order valence-electron chi connectivity index (χ2n) is 10.7. The first-order valence-electron chi connectivity index (χ1n) is 14.3. The maximum atomic E-state index is 14.1. The number of hydrogen-bond donors (Lipinski definition) is 1. The van der Waals surface area contributed by atoms with Crippen molar-refractivity contribution in [2.75, 3.05) is 32.1 Å². The van der Waals surface area contributed by atoms with Gasteiger partial charge in [-0.2, -0.15) is 0 Å². The predicted molar refractivity (Wildman–Crippen MR) is 164 cm³/mol. The zero-order valence-electron chi connectivity index (χ0n) is 23.4. The zero-order valence-corrected chi connectivity index (χ0v) is 25.0. The van der Waals surface area contributed by atoms with Gasteiger partial charge in [0.1, 0.15) is 17.0 Å². The number of halogens is 2. The van der Waals surface area contributed by atoms with Crippen LogP contribution in [0.15, 0.2) is 71.3 Å². The lowest BCUT2D eigenvalue weighted by atomic mass is 9.88. The van der Waals surface area contributed by atoms with Crippen molar-refractivity contribution in [3.8, 4) is 11.3 Å². The van der Waals surface area contributed by atoms with Gasteiger partial charge in [0.2, 0.25) is 0 Å². The smallest absolute Gasteiger partial charge is 0.261 e. The molecule has 1 amide bonds. The van der Waals surface area contributed by atoms with Crippen molar-refractivity contribution in [2.24, 2.45) is 0 Å². The van der Waals surface area contributed by atoms with E-state index in [0.29, 0.717) is 58.7 Å². The van der Waals surface area contributed by atoms with Gasteiger partial charge in [-0.25, -0.2) is 0 Å². The molecule has 0 radical (unpaired) electrons. The fourth-order valence-corrected chi connectivity index (χ4v) is 6.41. The molecule has 1 atom stereocenters. The number of ether oxygens (including phenoxy) is 2. The van der Waals surface area contributed by atoms with Gasteiger partial charge in [-0.05, 0) is 61.2 Å². The molecule has 4 aromatic rings. The fourth-order valence-electron chi connectivity index (χ4n) is 5.83. The number of likely N-dealkylation sites (N-methyl/N-ethyl adjacent to an activating group) is 1. The number of aryl methyl sites for hydroxylation is 1. The number of hydrogen-bond acceptors (Lipinski definition) is 6. The van der Waals surface area contributed by atoms with E-state index in [4.69, 9.17) is 37.2 Å². The Bertz CT molecular complexity index is 1550. The molecule has 1 N–H and O–H groups in total. The van der Waals surface area contributed by atoms with E-state index in [0.717, 1.165) is 37.1 Å². The van der Waals surface area contributed by atoms with Gasteiger partial charge >= 0.3 is 0 Å². The highest BCUT2D eigenvalue weighted by Gasteiger charge is 2.29. The van der Waals surface area contributed by atoms with Crippen LogP contribution in [-0.2, 0) is 28.7 Å². The molecule has 3 heterocycles. The van der Waals surface area contributed by atoms with Crippen LogP contribution in [0, 0.1) is 0 Å². The van der Waals surface area contributed by atoms with Crippen molar-refractivity contribution >= 4 is 34.8 Å². The van der Waals surface area contributed by atoms with Crippen LogP contribution < -0.4 is 5.32 Å². The van der Waals surface area contributed by atoms with Crippen LogP contribution in [0.2, 0.25) is 10.0 Å². The highest BCUT2D eigenvalue weighted by Crippen LogP contribution is 2.38. The standard InChI is InChI=1S/C33H33Cl2N3O4/c1-38-17-16-21-8-2-4-10-23(21)27(38)20-22-9-3-5-13-26(22)36-33(39)31-28(14-15-29-40-18-7-19-41-29)42-37-32(31)30-24(34)11-6-12-25(30)35/h2-6,8-13,27,29H,7,14-20H2,1H3,(H,36,39). The summed E-state index contributed by atoms with van der Waals surface area (Å²) in [6.45, 7) is 2.27. The number of benzene rings is 3. The molecule has 42 heavy (non-hydrogen) atoms. The molecular formula is C33H33Cl2N3O4. The Labute approximate surface area is 255 Å². The average Bonchev–Trinajstić information content (AvgIpc) is 3.42. The first-order valence-corrected chi connectivity index (χ1v) is 15.1. The van der Waals surface area contributed by atoms with Crippen LogP contribution in [0.3, 0.4) is 0 Å². The molecule has 0 spiro atoms. The molecule has 1 aromatic heterocycles. The molecule has 1 fully saturated rings. The third-order valence-corrected chi connectivity index (χ3v) is 8.68. The van der Waals surface area contributed by atoms with Gasteiger partial charge < -0.3 is 19.3 Å². The first kappa shape index (κ1) is 28.9. The lowest BCUT2D eigenvalue weighted by molar-refractivity contribution is -0.181. The number of para-hydroxylation sites is 1. The maximum absolute atomic E-state index is 14.1. The van der Waals surface area contributed by atoms with Crippen LogP contribution in [0.25, 0.3) is 11.3 Å². The number of fused-ring (bicyclic) bond motifs is 1. The zero-order chi connectivity index (χ0) is 29.1. The van der Waals surface area contributed by atoms with E-state index in [1.807, 2.05) is 18.2 Å². The molecule has 2 aliphatic heterocycles. The van der Waals surface area contributed by atoms with E-state index in [-0.39, 0.29) is 18.2 Å². The highest BCUT2D eigenvalue weighted by molar-refractivity contribution is 6.39. The van der Waals surface area contributed by atoms with Gasteiger partial charge in [-0.1, -0.05) is 76.9 Å². The SMILES string of the molecule is CN1CCc2ccccc2C1Cc1ccccc1NC(=O)c1c(-c2c(Cl)cccc2Cl)noc1CCC1OCCCO1. The maximum Gasteiger partial charge on any atom is 0.261 e. The Balaban J connectivity index is 1.31. The van der Waals surface area contributed by atoms with Crippen molar-refractivity contribution in [3.05, 3.63) is 105 Å². The minimum absolute atomic E-state index is 0.201. The number of aromatic nitrogens is 1.